The van der Waals surface area contributed by atoms with Crippen molar-refractivity contribution in [3.63, 3.8) is 0 Å². The van der Waals surface area contributed by atoms with Crippen molar-refractivity contribution in [3.05, 3.63) is 30.1 Å². The number of carbonyl (C=O) groups is 2. The molecule has 0 radical (unpaired) electrons. The van der Waals surface area contributed by atoms with Gasteiger partial charge in [0.15, 0.2) is 0 Å². The maximum Gasteiger partial charge on any atom is 0.326 e. The lowest BCUT2D eigenvalue weighted by atomic mass is 10.2. The van der Waals surface area contributed by atoms with E-state index in [4.69, 9.17) is 5.11 Å². The van der Waals surface area contributed by atoms with Crippen LogP contribution < -0.4 is 5.32 Å². The van der Waals surface area contributed by atoms with Gasteiger partial charge >= 0.3 is 12.0 Å². The third-order valence-corrected chi connectivity index (χ3v) is 3.32. The van der Waals surface area contributed by atoms with Crippen LogP contribution in [-0.4, -0.2) is 52.1 Å². The highest BCUT2D eigenvalue weighted by atomic mass is 32.2. The predicted octanol–water partition coefficient (Wildman–Crippen LogP) is 1.43. The largest absolute Gasteiger partial charge is 0.480 e. The number of carboxylic acid groups (broad SMARTS) is 1. The molecule has 0 saturated heterocycles. The zero-order valence-electron chi connectivity index (χ0n) is 11.6. The van der Waals surface area contributed by atoms with E-state index in [-0.39, 0.29) is 0 Å². The van der Waals surface area contributed by atoms with Gasteiger partial charge in [0, 0.05) is 13.2 Å². The predicted molar refractivity (Wildman–Crippen MR) is 78.7 cm³/mol. The highest BCUT2D eigenvalue weighted by molar-refractivity contribution is 7.98. The summed E-state index contributed by atoms with van der Waals surface area (Å²) in [6.45, 7) is 0.335. The first-order valence-corrected chi connectivity index (χ1v) is 7.57. The Balaban J connectivity index is 2.53. The molecule has 1 aromatic rings. The standard InChI is InChI=1S/C13H19N3O3S/c1-16(9-10-5-3-4-7-14-10)13(19)15-11(12(17)18)6-8-20-2/h3-5,7,11H,6,8-9H2,1-2H3,(H,15,19)(H,17,18). The number of nitrogens with zero attached hydrogens (tertiary/aromatic N) is 2. The van der Waals surface area contributed by atoms with Gasteiger partial charge in [-0.15, -0.1) is 0 Å². The molecular weight excluding hydrogens is 278 g/mol. The minimum absolute atomic E-state index is 0.335. The molecule has 1 unspecified atom stereocenters. The van der Waals surface area contributed by atoms with Crippen LogP contribution in [0.2, 0.25) is 0 Å². The van der Waals surface area contributed by atoms with Gasteiger partial charge in [-0.1, -0.05) is 6.07 Å². The van der Waals surface area contributed by atoms with Crippen LogP contribution in [0.3, 0.4) is 0 Å². The van der Waals surface area contributed by atoms with Crippen molar-refractivity contribution in [1.82, 2.24) is 15.2 Å². The number of rotatable bonds is 7. The lowest BCUT2D eigenvalue weighted by Crippen LogP contribution is -2.46. The van der Waals surface area contributed by atoms with Crippen LogP contribution in [0.25, 0.3) is 0 Å². The monoisotopic (exact) mass is 297 g/mol. The third-order valence-electron chi connectivity index (χ3n) is 2.68. The summed E-state index contributed by atoms with van der Waals surface area (Å²) in [6.07, 6.45) is 3.95. The molecule has 1 aromatic heterocycles. The minimum Gasteiger partial charge on any atom is -0.480 e. The average molecular weight is 297 g/mol. The molecule has 0 spiro atoms. The van der Waals surface area contributed by atoms with Gasteiger partial charge < -0.3 is 15.3 Å². The summed E-state index contributed by atoms with van der Waals surface area (Å²) in [7, 11) is 1.61. The van der Waals surface area contributed by atoms with E-state index in [1.165, 1.54) is 4.90 Å². The molecule has 0 aliphatic heterocycles. The minimum atomic E-state index is -1.02. The number of amides is 2. The zero-order valence-corrected chi connectivity index (χ0v) is 12.4. The highest BCUT2D eigenvalue weighted by Gasteiger charge is 2.21. The van der Waals surface area contributed by atoms with Gasteiger partial charge in [-0.3, -0.25) is 4.98 Å². The molecule has 0 aromatic carbocycles. The number of carbonyl (C=O) groups excluding carboxylic acids is 1. The lowest BCUT2D eigenvalue weighted by molar-refractivity contribution is -0.139. The van der Waals surface area contributed by atoms with Crippen molar-refractivity contribution in [2.24, 2.45) is 0 Å². The Morgan fingerprint density at radius 1 is 1.50 bits per heavy atom. The Morgan fingerprint density at radius 3 is 2.80 bits per heavy atom. The molecule has 1 rings (SSSR count). The van der Waals surface area contributed by atoms with Crippen LogP contribution in [0.5, 0.6) is 0 Å². The van der Waals surface area contributed by atoms with Crippen molar-refractivity contribution in [2.75, 3.05) is 19.1 Å². The topological polar surface area (TPSA) is 82.5 Å². The van der Waals surface area contributed by atoms with Crippen molar-refractivity contribution < 1.29 is 14.7 Å². The number of pyridine rings is 1. The number of aromatic nitrogens is 1. The summed E-state index contributed by atoms with van der Waals surface area (Å²) in [4.78, 5) is 28.5. The fourth-order valence-corrected chi connectivity index (χ4v) is 2.03. The molecule has 0 bridgehead atoms. The molecule has 0 fully saturated rings. The summed E-state index contributed by atoms with van der Waals surface area (Å²) in [6, 6.07) is 4.18. The summed E-state index contributed by atoms with van der Waals surface area (Å²) < 4.78 is 0. The van der Waals surface area contributed by atoms with Gasteiger partial charge in [0.05, 0.1) is 12.2 Å². The second-order valence-electron chi connectivity index (χ2n) is 4.30. The molecule has 6 nitrogen and oxygen atoms in total. The van der Waals surface area contributed by atoms with Crippen LogP contribution in [0, 0.1) is 0 Å². The van der Waals surface area contributed by atoms with Gasteiger partial charge in [-0.05, 0) is 30.6 Å². The van der Waals surface area contributed by atoms with Crippen LogP contribution >= 0.6 is 11.8 Å². The van der Waals surface area contributed by atoms with Crippen molar-refractivity contribution >= 4 is 23.8 Å². The Labute approximate surface area is 122 Å². The summed E-state index contributed by atoms with van der Waals surface area (Å²) in [5, 5.41) is 11.6. The zero-order chi connectivity index (χ0) is 15.0. The van der Waals surface area contributed by atoms with Crippen molar-refractivity contribution in [2.45, 2.75) is 19.0 Å². The number of hydrogen-bond donors (Lipinski definition) is 2. The normalized spacial score (nSPS) is 11.7. The van der Waals surface area contributed by atoms with E-state index in [9.17, 15) is 9.59 Å². The summed E-state index contributed by atoms with van der Waals surface area (Å²) >= 11 is 1.55. The number of thioether (sulfide) groups is 1. The highest BCUT2D eigenvalue weighted by Crippen LogP contribution is 2.03. The lowest BCUT2D eigenvalue weighted by Gasteiger charge is -2.21. The van der Waals surface area contributed by atoms with E-state index in [2.05, 4.69) is 10.3 Å². The van der Waals surface area contributed by atoms with Crippen molar-refractivity contribution in [1.29, 1.82) is 0 Å². The van der Waals surface area contributed by atoms with Gasteiger partial charge in [-0.25, -0.2) is 9.59 Å². The number of nitrogens with one attached hydrogen (secondary N) is 1. The molecule has 1 atom stereocenters. The molecule has 0 aliphatic rings. The average Bonchev–Trinajstić information content (AvgIpc) is 2.43. The number of urea groups is 1. The molecule has 2 N–H and O–H groups in total. The maximum absolute atomic E-state index is 11.9. The van der Waals surface area contributed by atoms with Crippen LogP contribution in [0.15, 0.2) is 24.4 Å². The quantitative estimate of drug-likeness (QED) is 0.795. The fraction of sp³-hybridized carbons (Fsp3) is 0.462. The van der Waals surface area contributed by atoms with E-state index >= 15 is 0 Å². The molecule has 7 heteroatoms. The summed E-state index contributed by atoms with van der Waals surface area (Å²) in [5.74, 6) is -0.333. The molecular formula is C13H19N3O3S. The summed E-state index contributed by atoms with van der Waals surface area (Å²) in [5.41, 5.74) is 0.751. The molecule has 20 heavy (non-hydrogen) atoms. The second kappa shape index (κ2) is 8.42. The van der Waals surface area contributed by atoms with Crippen molar-refractivity contribution in [3.8, 4) is 0 Å². The number of hydrogen-bond acceptors (Lipinski definition) is 4. The Morgan fingerprint density at radius 2 is 2.25 bits per heavy atom. The van der Waals surface area contributed by atoms with Gasteiger partial charge in [-0.2, -0.15) is 11.8 Å². The van der Waals surface area contributed by atoms with Gasteiger partial charge in [0.25, 0.3) is 0 Å². The van der Waals surface area contributed by atoms with Crippen LogP contribution in [0.1, 0.15) is 12.1 Å². The fourth-order valence-electron chi connectivity index (χ4n) is 1.56. The maximum atomic E-state index is 11.9. The van der Waals surface area contributed by atoms with Crippen LogP contribution in [-0.2, 0) is 11.3 Å². The molecule has 1 heterocycles. The van der Waals surface area contributed by atoms with E-state index in [1.54, 1.807) is 31.1 Å². The van der Waals surface area contributed by atoms with Crippen LogP contribution in [0.4, 0.5) is 4.79 Å². The first-order valence-electron chi connectivity index (χ1n) is 6.18. The smallest absolute Gasteiger partial charge is 0.326 e. The second-order valence-corrected chi connectivity index (χ2v) is 5.28. The SMILES string of the molecule is CSCCC(NC(=O)N(C)Cc1ccccn1)C(=O)O. The Hall–Kier alpha value is -1.76. The Bertz CT molecular complexity index is 442. The van der Waals surface area contributed by atoms with Gasteiger partial charge in [0.1, 0.15) is 6.04 Å². The van der Waals surface area contributed by atoms with Gasteiger partial charge in [0.2, 0.25) is 0 Å². The number of carboxylic acids is 1. The first kappa shape index (κ1) is 16.3. The third kappa shape index (κ3) is 5.48. The molecule has 0 aliphatic carbocycles. The Kier molecular flexibility index (Phi) is 6.86. The van der Waals surface area contributed by atoms with E-state index in [0.29, 0.717) is 18.7 Å². The molecule has 2 amide bonds. The molecule has 110 valence electrons. The first-order chi connectivity index (χ1) is 9.54. The van der Waals surface area contributed by atoms with E-state index < -0.39 is 18.0 Å². The molecule has 0 saturated carbocycles. The number of aliphatic carboxylic acids is 1. The van der Waals surface area contributed by atoms with E-state index in [0.717, 1.165) is 5.69 Å². The van der Waals surface area contributed by atoms with E-state index in [1.807, 2.05) is 18.4 Å².